The number of hydrogen-bond acceptors (Lipinski definition) is 5. The lowest BCUT2D eigenvalue weighted by atomic mass is 10.1. The minimum absolute atomic E-state index is 0.131. The number of halogens is 2. The van der Waals surface area contributed by atoms with E-state index >= 15 is 0 Å². The first-order valence-corrected chi connectivity index (χ1v) is 5.54. The van der Waals surface area contributed by atoms with Crippen molar-refractivity contribution >= 4 is 50.3 Å². The van der Waals surface area contributed by atoms with Gasteiger partial charge in [0, 0.05) is 0 Å². The van der Waals surface area contributed by atoms with Crippen molar-refractivity contribution in [2.45, 2.75) is 0 Å². The molecular formula is C8BrClN4S. The third-order valence-electron chi connectivity index (χ3n) is 1.82. The first-order chi connectivity index (χ1) is 7.20. The molecule has 2 aromatic rings. The molecule has 4 nitrogen and oxygen atoms in total. The topological polar surface area (TPSA) is 73.4 Å². The molecule has 72 valence electrons. The maximum absolute atomic E-state index is 8.92. The minimum Gasteiger partial charge on any atom is -0.192 e. The summed E-state index contributed by atoms with van der Waals surface area (Å²) in [5, 5.41) is 18.0. The highest BCUT2D eigenvalue weighted by molar-refractivity contribution is 9.10. The molecule has 0 fully saturated rings. The van der Waals surface area contributed by atoms with Crippen LogP contribution >= 0.6 is 39.3 Å². The number of aromatic nitrogens is 2. The highest BCUT2D eigenvalue weighted by Gasteiger charge is 2.19. The molecule has 0 aliphatic heterocycles. The minimum atomic E-state index is 0.131. The van der Waals surface area contributed by atoms with Crippen molar-refractivity contribution in [1.29, 1.82) is 10.5 Å². The zero-order valence-corrected chi connectivity index (χ0v) is 10.1. The number of nitriles is 2. The summed E-state index contributed by atoms with van der Waals surface area (Å²) in [6.45, 7) is 0. The average Bonchev–Trinajstić information content (AvgIpc) is 2.72. The van der Waals surface area contributed by atoms with Gasteiger partial charge in [0.05, 0.1) is 32.4 Å². The van der Waals surface area contributed by atoms with Crippen LogP contribution in [-0.4, -0.2) is 8.75 Å². The molecule has 0 spiro atoms. The molecule has 0 saturated carbocycles. The summed E-state index contributed by atoms with van der Waals surface area (Å²) in [4.78, 5) is 0. The van der Waals surface area contributed by atoms with Gasteiger partial charge in [-0.2, -0.15) is 19.3 Å². The first kappa shape index (κ1) is 10.3. The van der Waals surface area contributed by atoms with Crippen LogP contribution in [0.3, 0.4) is 0 Å². The second-order valence-corrected chi connectivity index (χ2v) is 4.26. The second kappa shape index (κ2) is 3.74. The standard InChI is InChI=1S/C8BrClN4S/c9-5-3(1-11)4(2-12)6(10)8-7(5)13-15-14-8. The molecule has 1 aromatic heterocycles. The maximum atomic E-state index is 8.92. The lowest BCUT2D eigenvalue weighted by molar-refractivity contribution is 1.42. The van der Waals surface area contributed by atoms with Gasteiger partial charge in [0.25, 0.3) is 0 Å². The van der Waals surface area contributed by atoms with E-state index in [4.69, 9.17) is 22.1 Å². The van der Waals surface area contributed by atoms with Gasteiger partial charge in [-0.15, -0.1) is 0 Å². The molecule has 7 heteroatoms. The summed E-state index contributed by atoms with van der Waals surface area (Å²) < 4.78 is 8.44. The zero-order valence-electron chi connectivity index (χ0n) is 6.95. The van der Waals surface area contributed by atoms with Crippen LogP contribution in [0.2, 0.25) is 5.02 Å². The van der Waals surface area contributed by atoms with E-state index in [0.29, 0.717) is 15.5 Å². The van der Waals surface area contributed by atoms with E-state index in [1.807, 2.05) is 12.1 Å². The summed E-state index contributed by atoms with van der Waals surface area (Å²) in [5.74, 6) is 0. The summed E-state index contributed by atoms with van der Waals surface area (Å²) in [7, 11) is 0. The predicted molar refractivity (Wildman–Crippen MR) is 59.6 cm³/mol. The Labute approximate surface area is 102 Å². The molecule has 15 heavy (non-hydrogen) atoms. The molecule has 0 atom stereocenters. The lowest BCUT2D eigenvalue weighted by Gasteiger charge is -2.01. The Bertz CT molecular complexity index is 583. The van der Waals surface area contributed by atoms with Gasteiger partial charge in [0.1, 0.15) is 23.2 Å². The van der Waals surface area contributed by atoms with Crippen LogP contribution in [-0.2, 0) is 0 Å². The molecule has 0 radical (unpaired) electrons. The van der Waals surface area contributed by atoms with Gasteiger partial charge >= 0.3 is 0 Å². The number of fused-ring (bicyclic) bond motifs is 1. The Morgan fingerprint density at radius 2 is 1.73 bits per heavy atom. The normalized spacial score (nSPS) is 9.87. The summed E-state index contributed by atoms with van der Waals surface area (Å²) in [6, 6.07) is 3.81. The molecule has 0 amide bonds. The fourth-order valence-corrected chi connectivity index (χ4v) is 2.70. The Morgan fingerprint density at radius 1 is 1.13 bits per heavy atom. The van der Waals surface area contributed by atoms with Crippen LogP contribution in [0.1, 0.15) is 11.1 Å². The van der Waals surface area contributed by atoms with Gasteiger partial charge in [0.15, 0.2) is 0 Å². The van der Waals surface area contributed by atoms with Gasteiger partial charge < -0.3 is 0 Å². The molecule has 1 aromatic carbocycles. The van der Waals surface area contributed by atoms with Crippen LogP contribution < -0.4 is 0 Å². The van der Waals surface area contributed by atoms with Crippen molar-refractivity contribution < 1.29 is 0 Å². The van der Waals surface area contributed by atoms with E-state index in [1.54, 1.807) is 0 Å². The summed E-state index contributed by atoms with van der Waals surface area (Å²) >= 11 is 10.2. The van der Waals surface area contributed by atoms with Gasteiger partial charge in [0.2, 0.25) is 0 Å². The number of rotatable bonds is 0. The summed E-state index contributed by atoms with van der Waals surface area (Å²) in [5.41, 5.74) is 1.29. The van der Waals surface area contributed by atoms with Gasteiger partial charge in [-0.3, -0.25) is 0 Å². The van der Waals surface area contributed by atoms with Crippen LogP contribution in [0.25, 0.3) is 11.0 Å². The SMILES string of the molecule is N#Cc1c(C#N)c(Br)c2nsnc2c1Cl. The monoisotopic (exact) mass is 298 g/mol. The summed E-state index contributed by atoms with van der Waals surface area (Å²) in [6.07, 6.45) is 0. The smallest absolute Gasteiger partial charge is 0.125 e. The number of hydrogen-bond donors (Lipinski definition) is 0. The molecule has 0 N–H and O–H groups in total. The Balaban J connectivity index is 3.07. The molecule has 0 unspecified atom stereocenters. The Hall–Kier alpha value is -1.21. The van der Waals surface area contributed by atoms with E-state index in [0.717, 1.165) is 11.7 Å². The van der Waals surface area contributed by atoms with Gasteiger partial charge in [-0.1, -0.05) is 11.6 Å². The highest BCUT2D eigenvalue weighted by atomic mass is 79.9. The number of benzene rings is 1. The van der Waals surface area contributed by atoms with Crippen LogP contribution in [0.4, 0.5) is 0 Å². The quantitative estimate of drug-likeness (QED) is 0.749. The van der Waals surface area contributed by atoms with Crippen LogP contribution in [0.5, 0.6) is 0 Å². The Morgan fingerprint density at radius 3 is 2.33 bits per heavy atom. The van der Waals surface area contributed by atoms with Crippen molar-refractivity contribution in [2.24, 2.45) is 0 Å². The molecule has 0 aliphatic carbocycles. The van der Waals surface area contributed by atoms with E-state index in [2.05, 4.69) is 24.7 Å². The fraction of sp³-hybridized carbons (Fsp3) is 0. The molecule has 0 saturated heterocycles. The van der Waals surface area contributed by atoms with Crippen molar-refractivity contribution in [3.8, 4) is 12.1 Å². The van der Waals surface area contributed by atoms with Crippen molar-refractivity contribution in [1.82, 2.24) is 8.75 Å². The molecule has 0 aliphatic rings. The molecule has 2 rings (SSSR count). The van der Waals surface area contributed by atoms with E-state index in [1.165, 1.54) is 0 Å². The first-order valence-electron chi connectivity index (χ1n) is 3.64. The van der Waals surface area contributed by atoms with Gasteiger partial charge in [-0.05, 0) is 15.9 Å². The fourth-order valence-electron chi connectivity index (χ4n) is 1.14. The second-order valence-electron chi connectivity index (χ2n) is 2.56. The van der Waals surface area contributed by atoms with Crippen LogP contribution in [0.15, 0.2) is 4.47 Å². The lowest BCUT2D eigenvalue weighted by Crippen LogP contribution is -1.90. The molecular weight excluding hydrogens is 300 g/mol. The molecule has 0 bridgehead atoms. The third-order valence-corrected chi connectivity index (χ3v) is 3.49. The largest absolute Gasteiger partial charge is 0.192 e. The Kier molecular flexibility index (Phi) is 2.57. The van der Waals surface area contributed by atoms with Crippen molar-refractivity contribution in [2.75, 3.05) is 0 Å². The average molecular weight is 300 g/mol. The maximum Gasteiger partial charge on any atom is 0.125 e. The number of nitrogens with zero attached hydrogens (tertiary/aromatic N) is 4. The molecule has 1 heterocycles. The van der Waals surface area contributed by atoms with E-state index < -0.39 is 0 Å². The zero-order chi connectivity index (χ0) is 11.0. The van der Waals surface area contributed by atoms with Crippen LogP contribution in [0, 0.1) is 22.7 Å². The third kappa shape index (κ3) is 1.38. The van der Waals surface area contributed by atoms with E-state index in [-0.39, 0.29) is 16.1 Å². The predicted octanol–water partition coefficient (Wildman–Crippen LogP) is 2.85. The van der Waals surface area contributed by atoms with Gasteiger partial charge in [-0.25, -0.2) is 0 Å². The highest BCUT2D eigenvalue weighted by Crippen LogP contribution is 2.35. The van der Waals surface area contributed by atoms with E-state index in [9.17, 15) is 0 Å². The van der Waals surface area contributed by atoms with Crippen molar-refractivity contribution in [3.05, 3.63) is 20.6 Å². The van der Waals surface area contributed by atoms with Crippen molar-refractivity contribution in [3.63, 3.8) is 0 Å².